The molecule has 32 heavy (non-hydrogen) atoms. The SMILES string of the molecule is O=C(c1ccccc1)N1C=NC(Nc2ccc3c(c2)OCCO3)(OCCC2OCCO2)N1. The summed E-state index contributed by atoms with van der Waals surface area (Å²) in [6, 6.07) is 14.4. The van der Waals surface area contributed by atoms with Crippen LogP contribution in [0.3, 0.4) is 0 Å². The minimum absolute atomic E-state index is 0.258. The summed E-state index contributed by atoms with van der Waals surface area (Å²) < 4.78 is 28.3. The van der Waals surface area contributed by atoms with Gasteiger partial charge < -0.3 is 29.0 Å². The third-order valence-electron chi connectivity index (χ3n) is 5.08. The normalized spacial score (nSPS) is 22.3. The van der Waals surface area contributed by atoms with Gasteiger partial charge in [-0.05, 0) is 24.3 Å². The number of fused-ring (bicyclic) bond motifs is 1. The molecule has 1 fully saturated rings. The average Bonchev–Trinajstić information content (AvgIpc) is 3.50. The van der Waals surface area contributed by atoms with Crippen LogP contribution in [0.5, 0.6) is 11.5 Å². The van der Waals surface area contributed by atoms with Gasteiger partial charge in [-0.1, -0.05) is 18.2 Å². The summed E-state index contributed by atoms with van der Waals surface area (Å²) >= 11 is 0. The molecule has 0 spiro atoms. The smallest absolute Gasteiger partial charge is 0.319 e. The van der Waals surface area contributed by atoms with Crippen molar-refractivity contribution in [1.29, 1.82) is 0 Å². The quantitative estimate of drug-likeness (QED) is 0.630. The first-order chi connectivity index (χ1) is 15.7. The van der Waals surface area contributed by atoms with Crippen molar-refractivity contribution in [3.8, 4) is 11.5 Å². The van der Waals surface area contributed by atoms with E-state index in [-0.39, 0.29) is 18.8 Å². The maximum Gasteiger partial charge on any atom is 0.319 e. The molecule has 1 amide bonds. The Morgan fingerprint density at radius 2 is 1.88 bits per heavy atom. The van der Waals surface area contributed by atoms with Crippen LogP contribution in [0.25, 0.3) is 0 Å². The Balaban J connectivity index is 1.32. The van der Waals surface area contributed by atoms with Crippen LogP contribution in [0, 0.1) is 0 Å². The Labute approximate surface area is 185 Å². The maximum absolute atomic E-state index is 12.9. The molecule has 1 atom stereocenters. The molecule has 2 aromatic carbocycles. The predicted molar refractivity (Wildman–Crippen MR) is 114 cm³/mol. The van der Waals surface area contributed by atoms with Crippen LogP contribution in [0.2, 0.25) is 0 Å². The van der Waals surface area contributed by atoms with E-state index in [0.717, 1.165) is 0 Å². The lowest BCUT2D eigenvalue weighted by Crippen LogP contribution is -2.56. The molecule has 10 nitrogen and oxygen atoms in total. The molecule has 2 N–H and O–H groups in total. The number of hydrogen-bond acceptors (Lipinski definition) is 9. The van der Waals surface area contributed by atoms with Gasteiger partial charge in [-0.25, -0.2) is 10.0 Å². The van der Waals surface area contributed by atoms with Gasteiger partial charge in [0.15, 0.2) is 17.8 Å². The highest BCUT2D eigenvalue weighted by Gasteiger charge is 2.39. The van der Waals surface area contributed by atoms with Crippen molar-refractivity contribution in [2.75, 3.05) is 38.4 Å². The molecule has 5 rings (SSSR count). The first-order valence-electron chi connectivity index (χ1n) is 10.5. The highest BCUT2D eigenvalue weighted by atomic mass is 16.7. The topological polar surface area (TPSA) is 103 Å². The van der Waals surface area contributed by atoms with Crippen molar-refractivity contribution in [3.63, 3.8) is 0 Å². The summed E-state index contributed by atoms with van der Waals surface area (Å²) in [4.78, 5) is 17.3. The van der Waals surface area contributed by atoms with Crippen molar-refractivity contribution >= 4 is 17.9 Å². The van der Waals surface area contributed by atoms with Crippen LogP contribution in [-0.4, -0.2) is 62.6 Å². The van der Waals surface area contributed by atoms with E-state index in [0.29, 0.717) is 55.6 Å². The molecule has 0 saturated carbocycles. The van der Waals surface area contributed by atoms with E-state index in [4.69, 9.17) is 23.7 Å². The third kappa shape index (κ3) is 4.53. The Bertz CT molecular complexity index is 982. The van der Waals surface area contributed by atoms with E-state index >= 15 is 0 Å². The van der Waals surface area contributed by atoms with E-state index in [1.165, 1.54) is 11.3 Å². The molecule has 0 bridgehead atoms. The second-order valence-corrected chi connectivity index (χ2v) is 7.33. The van der Waals surface area contributed by atoms with Crippen molar-refractivity contribution in [2.45, 2.75) is 18.7 Å². The second-order valence-electron chi connectivity index (χ2n) is 7.33. The van der Waals surface area contributed by atoms with Crippen LogP contribution in [-0.2, 0) is 14.2 Å². The van der Waals surface area contributed by atoms with Gasteiger partial charge in [0, 0.05) is 23.7 Å². The summed E-state index contributed by atoms with van der Waals surface area (Å²) in [6.07, 6.45) is 1.62. The first-order valence-corrected chi connectivity index (χ1v) is 10.5. The van der Waals surface area contributed by atoms with Crippen molar-refractivity contribution in [2.24, 2.45) is 4.99 Å². The third-order valence-corrected chi connectivity index (χ3v) is 5.08. The maximum atomic E-state index is 12.9. The molecule has 3 aliphatic rings. The van der Waals surface area contributed by atoms with Gasteiger partial charge in [-0.3, -0.25) is 4.79 Å². The fourth-order valence-electron chi connectivity index (χ4n) is 3.54. The Morgan fingerprint density at radius 1 is 1.09 bits per heavy atom. The van der Waals surface area contributed by atoms with Gasteiger partial charge in [0.25, 0.3) is 5.91 Å². The summed E-state index contributed by atoms with van der Waals surface area (Å²) in [5, 5.41) is 4.52. The van der Waals surface area contributed by atoms with E-state index in [1.54, 1.807) is 24.3 Å². The largest absolute Gasteiger partial charge is 0.486 e. The molecule has 3 aliphatic heterocycles. The average molecular weight is 440 g/mol. The molecule has 1 saturated heterocycles. The van der Waals surface area contributed by atoms with Crippen LogP contribution >= 0.6 is 0 Å². The molecular formula is C22H24N4O6. The van der Waals surface area contributed by atoms with Gasteiger partial charge in [0.1, 0.15) is 19.6 Å². The number of aliphatic imine (C=N–C) groups is 1. The zero-order chi connectivity index (χ0) is 21.8. The Kier molecular flexibility index (Phi) is 5.91. The van der Waals surface area contributed by atoms with Gasteiger partial charge in [0.05, 0.1) is 19.8 Å². The fraction of sp³-hybridized carbons (Fsp3) is 0.364. The number of nitrogens with one attached hydrogen (secondary N) is 2. The van der Waals surface area contributed by atoms with Crippen molar-refractivity contribution in [1.82, 2.24) is 10.4 Å². The van der Waals surface area contributed by atoms with Gasteiger partial charge in [0.2, 0.25) is 0 Å². The standard InChI is InChI=1S/C22H24N4O6/c27-21(16-4-2-1-3-5-16)26-15-23-22(25-26,32-9-8-20-30-12-13-31-20)24-17-6-7-18-19(14-17)29-11-10-28-18/h1-7,14-15,20,24-25H,8-13H2. The van der Waals surface area contributed by atoms with Gasteiger partial charge in [-0.2, -0.15) is 5.43 Å². The summed E-state index contributed by atoms with van der Waals surface area (Å²) in [7, 11) is 0. The Hall–Kier alpha value is -3.18. The van der Waals surface area contributed by atoms with E-state index < -0.39 is 5.97 Å². The minimum atomic E-state index is -1.40. The summed E-state index contributed by atoms with van der Waals surface area (Å²) in [6.45, 7) is 2.41. The number of rotatable bonds is 7. The molecule has 0 aromatic heterocycles. The molecular weight excluding hydrogens is 416 g/mol. The Morgan fingerprint density at radius 3 is 2.69 bits per heavy atom. The number of benzene rings is 2. The first kappa shape index (κ1) is 20.7. The molecule has 10 heteroatoms. The molecule has 1 unspecified atom stereocenters. The molecule has 3 heterocycles. The molecule has 2 aromatic rings. The number of ether oxygens (including phenoxy) is 5. The van der Waals surface area contributed by atoms with E-state index in [9.17, 15) is 4.79 Å². The zero-order valence-electron chi connectivity index (χ0n) is 17.4. The number of carbonyl (C=O) groups is 1. The van der Waals surface area contributed by atoms with Gasteiger partial charge in [-0.15, -0.1) is 0 Å². The molecule has 168 valence electrons. The summed E-state index contributed by atoms with van der Waals surface area (Å²) in [5.41, 5.74) is 4.24. The number of carbonyl (C=O) groups excluding carboxylic acids is 1. The number of hydrazine groups is 1. The van der Waals surface area contributed by atoms with Crippen molar-refractivity contribution < 1.29 is 28.5 Å². The number of anilines is 1. The van der Waals surface area contributed by atoms with E-state index in [1.807, 2.05) is 24.3 Å². The fourth-order valence-corrected chi connectivity index (χ4v) is 3.54. The van der Waals surface area contributed by atoms with Crippen molar-refractivity contribution in [3.05, 3.63) is 54.1 Å². The van der Waals surface area contributed by atoms with Gasteiger partial charge >= 0.3 is 5.97 Å². The van der Waals surface area contributed by atoms with Crippen LogP contribution in [0.15, 0.2) is 53.5 Å². The monoisotopic (exact) mass is 440 g/mol. The lowest BCUT2D eigenvalue weighted by Gasteiger charge is -2.30. The van der Waals surface area contributed by atoms with Crippen LogP contribution in [0.4, 0.5) is 5.69 Å². The van der Waals surface area contributed by atoms with Crippen LogP contribution in [0.1, 0.15) is 16.8 Å². The molecule has 0 radical (unpaired) electrons. The lowest BCUT2D eigenvalue weighted by atomic mass is 10.2. The predicted octanol–water partition coefficient (Wildman–Crippen LogP) is 1.95. The number of amides is 1. The zero-order valence-corrected chi connectivity index (χ0v) is 17.4. The molecule has 0 aliphatic carbocycles. The second kappa shape index (κ2) is 9.13. The lowest BCUT2D eigenvalue weighted by molar-refractivity contribution is -0.0997. The van der Waals surface area contributed by atoms with Crippen LogP contribution < -0.4 is 20.2 Å². The number of nitrogens with zero attached hydrogens (tertiary/aromatic N) is 2. The summed E-state index contributed by atoms with van der Waals surface area (Å²) in [5.74, 6) is -0.349. The number of hydrogen-bond donors (Lipinski definition) is 2. The highest BCUT2D eigenvalue weighted by Crippen LogP contribution is 2.34. The minimum Gasteiger partial charge on any atom is -0.486 e. The highest BCUT2D eigenvalue weighted by molar-refractivity contribution is 6.00. The van der Waals surface area contributed by atoms with E-state index in [2.05, 4.69) is 15.7 Å².